The molecule has 25 heavy (non-hydrogen) atoms. The molecule has 0 aliphatic heterocycles. The Morgan fingerprint density at radius 3 is 2.72 bits per heavy atom. The zero-order valence-electron chi connectivity index (χ0n) is 13.7. The summed E-state index contributed by atoms with van der Waals surface area (Å²) in [5.41, 5.74) is 0.534. The predicted molar refractivity (Wildman–Crippen MR) is 98.2 cm³/mol. The van der Waals surface area contributed by atoms with Crippen LogP contribution in [0.25, 0.3) is 0 Å². The molecule has 138 valence electrons. The van der Waals surface area contributed by atoms with E-state index in [1.165, 1.54) is 23.9 Å². The Hall–Kier alpha value is -2.00. The minimum absolute atomic E-state index is 0.0665. The summed E-state index contributed by atoms with van der Waals surface area (Å²) in [7, 11) is 0. The molecule has 0 aliphatic rings. The molecule has 0 bridgehead atoms. The van der Waals surface area contributed by atoms with Crippen molar-refractivity contribution >= 4 is 46.6 Å². The van der Waals surface area contributed by atoms with Crippen LogP contribution in [0.3, 0.4) is 0 Å². The molecule has 0 spiro atoms. The van der Waals surface area contributed by atoms with Crippen molar-refractivity contribution in [2.45, 2.75) is 13.3 Å². The van der Waals surface area contributed by atoms with E-state index in [4.69, 9.17) is 16.3 Å². The first kappa shape index (κ1) is 21.0. The topological polar surface area (TPSA) is 111 Å². The lowest BCUT2D eigenvalue weighted by molar-refractivity contribution is -0.384. The van der Waals surface area contributed by atoms with Gasteiger partial charge in [-0.1, -0.05) is 11.6 Å². The van der Waals surface area contributed by atoms with Crippen LogP contribution in [-0.2, 0) is 14.3 Å². The number of carbonyl (C=O) groups excluding carboxylic acids is 2. The predicted octanol–water partition coefficient (Wildman–Crippen LogP) is 2.46. The fourth-order valence-electron chi connectivity index (χ4n) is 1.78. The molecule has 0 saturated carbocycles. The number of thioether (sulfide) groups is 1. The minimum atomic E-state index is -0.509. The Morgan fingerprint density at radius 2 is 2.08 bits per heavy atom. The molecule has 1 aromatic carbocycles. The average Bonchev–Trinajstić information content (AvgIpc) is 2.55. The number of non-ortho nitro benzene ring substituents is 1. The highest BCUT2D eigenvalue weighted by Gasteiger charge is 2.09. The number of amides is 1. The van der Waals surface area contributed by atoms with Crippen molar-refractivity contribution in [3.63, 3.8) is 0 Å². The number of halogens is 1. The van der Waals surface area contributed by atoms with Crippen LogP contribution in [0, 0.1) is 10.1 Å². The van der Waals surface area contributed by atoms with Gasteiger partial charge in [0, 0.05) is 25.2 Å². The van der Waals surface area contributed by atoms with Crippen LogP contribution < -0.4 is 10.6 Å². The van der Waals surface area contributed by atoms with E-state index in [-0.39, 0.29) is 34.1 Å². The number of nitrogens with one attached hydrogen (secondary N) is 2. The average molecular weight is 390 g/mol. The van der Waals surface area contributed by atoms with Crippen LogP contribution in [0.4, 0.5) is 11.4 Å². The molecule has 10 heteroatoms. The van der Waals surface area contributed by atoms with Crippen LogP contribution in [0.1, 0.15) is 13.3 Å². The van der Waals surface area contributed by atoms with E-state index in [2.05, 4.69) is 10.6 Å². The van der Waals surface area contributed by atoms with Gasteiger partial charge in [0.1, 0.15) is 0 Å². The number of ether oxygens (including phenoxy) is 1. The van der Waals surface area contributed by atoms with Crippen molar-refractivity contribution in [2.75, 3.05) is 36.5 Å². The van der Waals surface area contributed by atoms with Crippen LogP contribution in [0.15, 0.2) is 18.2 Å². The maximum absolute atomic E-state index is 11.6. The summed E-state index contributed by atoms with van der Waals surface area (Å²) in [6.45, 7) is 3.08. The molecule has 0 heterocycles. The lowest BCUT2D eigenvalue weighted by Crippen LogP contribution is -2.27. The van der Waals surface area contributed by atoms with Gasteiger partial charge in [-0.05, 0) is 19.4 Å². The van der Waals surface area contributed by atoms with Crippen molar-refractivity contribution < 1.29 is 19.2 Å². The number of hydrogen-bond acceptors (Lipinski definition) is 7. The Labute approximate surface area is 154 Å². The largest absolute Gasteiger partial charge is 0.465 e. The number of nitrogens with zero attached hydrogens (tertiary/aromatic N) is 1. The summed E-state index contributed by atoms with van der Waals surface area (Å²) in [5.74, 6) is -0.130. The van der Waals surface area contributed by atoms with Crippen LogP contribution in [0.2, 0.25) is 5.02 Å². The molecule has 0 radical (unpaired) electrons. The number of nitro groups is 1. The van der Waals surface area contributed by atoms with Crippen molar-refractivity contribution in [1.29, 1.82) is 0 Å². The van der Waals surface area contributed by atoms with Crippen molar-refractivity contribution in [3.8, 4) is 0 Å². The second kappa shape index (κ2) is 11.5. The van der Waals surface area contributed by atoms with Gasteiger partial charge in [0.25, 0.3) is 5.69 Å². The highest BCUT2D eigenvalue weighted by Crippen LogP contribution is 2.26. The van der Waals surface area contributed by atoms with E-state index in [1.54, 1.807) is 13.0 Å². The Kier molecular flexibility index (Phi) is 9.71. The monoisotopic (exact) mass is 389 g/mol. The zero-order chi connectivity index (χ0) is 18.7. The third-order valence-corrected chi connectivity index (χ3v) is 4.13. The molecule has 0 fully saturated rings. The first-order chi connectivity index (χ1) is 11.9. The van der Waals surface area contributed by atoms with E-state index in [9.17, 15) is 19.7 Å². The maximum atomic E-state index is 11.6. The highest BCUT2D eigenvalue weighted by molar-refractivity contribution is 8.00. The van der Waals surface area contributed by atoms with Gasteiger partial charge < -0.3 is 15.4 Å². The number of esters is 1. The van der Waals surface area contributed by atoms with Crippen LogP contribution >= 0.6 is 23.4 Å². The molecule has 2 N–H and O–H groups in total. The molecule has 1 rings (SSSR count). The quantitative estimate of drug-likeness (QED) is 0.259. The van der Waals surface area contributed by atoms with Gasteiger partial charge in [-0.2, -0.15) is 0 Å². The van der Waals surface area contributed by atoms with Gasteiger partial charge in [-0.15, -0.1) is 11.8 Å². The van der Waals surface area contributed by atoms with E-state index in [1.807, 2.05) is 0 Å². The third-order valence-electron chi connectivity index (χ3n) is 2.91. The molecule has 0 aromatic heterocycles. The van der Waals surface area contributed by atoms with Crippen molar-refractivity contribution in [2.24, 2.45) is 0 Å². The summed E-state index contributed by atoms with van der Waals surface area (Å²) >= 11 is 7.17. The van der Waals surface area contributed by atoms with Gasteiger partial charge in [-0.25, -0.2) is 0 Å². The number of anilines is 1. The fraction of sp³-hybridized carbons (Fsp3) is 0.467. The first-order valence-electron chi connectivity index (χ1n) is 7.62. The second-order valence-corrected chi connectivity index (χ2v) is 6.24. The Bertz CT molecular complexity index is 615. The molecule has 0 aliphatic carbocycles. The lowest BCUT2D eigenvalue weighted by Gasteiger charge is -2.09. The normalized spacial score (nSPS) is 10.2. The number of nitro benzene ring substituents is 1. The number of benzene rings is 1. The standard InChI is InChI=1S/C15H20ClN3O5S/c1-2-24-15(21)10-25-9-14(20)18-7-3-6-17-13-5-4-11(19(22)23)8-12(13)16/h4-5,8,17H,2-3,6-7,9-10H2,1H3,(H,18,20). The van der Waals surface area contributed by atoms with Gasteiger partial charge in [0.15, 0.2) is 0 Å². The number of carbonyl (C=O) groups is 2. The Morgan fingerprint density at radius 1 is 1.32 bits per heavy atom. The summed E-state index contributed by atoms with van der Waals surface area (Å²) in [6, 6.07) is 4.20. The van der Waals surface area contributed by atoms with Gasteiger partial charge in [0.05, 0.1) is 33.7 Å². The highest BCUT2D eigenvalue weighted by atomic mass is 35.5. The molecule has 0 unspecified atom stereocenters. The van der Waals surface area contributed by atoms with E-state index >= 15 is 0 Å². The summed E-state index contributed by atoms with van der Waals surface area (Å²) in [4.78, 5) is 32.8. The molecule has 1 aromatic rings. The summed E-state index contributed by atoms with van der Waals surface area (Å²) < 4.78 is 4.76. The fourth-order valence-corrected chi connectivity index (χ4v) is 2.66. The smallest absolute Gasteiger partial charge is 0.315 e. The van der Waals surface area contributed by atoms with Gasteiger partial charge >= 0.3 is 5.97 Å². The summed E-state index contributed by atoms with van der Waals surface area (Å²) in [5, 5.41) is 16.7. The molecular formula is C15H20ClN3O5S. The molecular weight excluding hydrogens is 370 g/mol. The minimum Gasteiger partial charge on any atom is -0.465 e. The maximum Gasteiger partial charge on any atom is 0.315 e. The molecule has 0 saturated heterocycles. The van der Waals surface area contributed by atoms with E-state index in [0.29, 0.717) is 31.8 Å². The second-order valence-electron chi connectivity index (χ2n) is 4.85. The number of rotatable bonds is 11. The van der Waals surface area contributed by atoms with Gasteiger partial charge in [-0.3, -0.25) is 19.7 Å². The molecule has 0 atom stereocenters. The zero-order valence-corrected chi connectivity index (χ0v) is 15.3. The number of hydrogen-bond donors (Lipinski definition) is 2. The molecule has 8 nitrogen and oxygen atoms in total. The van der Waals surface area contributed by atoms with Crippen molar-refractivity contribution in [3.05, 3.63) is 33.3 Å². The third kappa shape index (κ3) is 8.59. The van der Waals surface area contributed by atoms with Crippen LogP contribution in [-0.4, -0.2) is 48.0 Å². The van der Waals surface area contributed by atoms with E-state index < -0.39 is 4.92 Å². The van der Waals surface area contributed by atoms with Crippen LogP contribution in [0.5, 0.6) is 0 Å². The Balaban J connectivity index is 2.16. The van der Waals surface area contributed by atoms with E-state index in [0.717, 1.165) is 0 Å². The van der Waals surface area contributed by atoms with Gasteiger partial charge in [0.2, 0.25) is 5.91 Å². The lowest BCUT2D eigenvalue weighted by atomic mass is 10.2. The van der Waals surface area contributed by atoms with Crippen molar-refractivity contribution in [1.82, 2.24) is 5.32 Å². The summed E-state index contributed by atoms with van der Waals surface area (Å²) in [6.07, 6.45) is 0.654. The molecule has 1 amide bonds. The SMILES string of the molecule is CCOC(=O)CSCC(=O)NCCCNc1ccc([N+](=O)[O-])cc1Cl. The first-order valence-corrected chi connectivity index (χ1v) is 9.15.